The molecule has 1 unspecified atom stereocenters. The Morgan fingerprint density at radius 1 is 1.00 bits per heavy atom. The summed E-state index contributed by atoms with van der Waals surface area (Å²) in [6.45, 7) is 6.50. The van der Waals surface area contributed by atoms with E-state index in [0.717, 1.165) is 5.92 Å². The molecular formula is C4H13As. The molecule has 0 aliphatic rings. The second-order valence-corrected chi connectivity index (χ2v) is 1.73. The number of rotatable bonds is 0. The molecule has 0 amide bonds. The Morgan fingerprint density at radius 3 is 1.00 bits per heavy atom. The summed E-state index contributed by atoms with van der Waals surface area (Å²) in [5.41, 5.74) is 0. The fourth-order valence-corrected chi connectivity index (χ4v) is 0. The van der Waals surface area contributed by atoms with E-state index < -0.39 is 0 Å². The molecule has 0 spiro atoms. The van der Waals surface area contributed by atoms with Gasteiger partial charge in [-0.15, -0.1) is 0 Å². The fraction of sp³-hybridized carbons (Fsp3) is 1.00. The van der Waals surface area contributed by atoms with Crippen molar-refractivity contribution in [1.82, 2.24) is 0 Å². The van der Waals surface area contributed by atoms with E-state index in [0.29, 0.717) is 0 Å². The first kappa shape index (κ1) is 9.12. The summed E-state index contributed by atoms with van der Waals surface area (Å²) < 4.78 is 0. The van der Waals surface area contributed by atoms with Crippen molar-refractivity contribution in [2.24, 2.45) is 5.92 Å². The molecule has 0 N–H and O–H groups in total. The van der Waals surface area contributed by atoms with Crippen LogP contribution in [0.4, 0.5) is 0 Å². The summed E-state index contributed by atoms with van der Waals surface area (Å²) in [7, 11) is 0. The van der Waals surface area contributed by atoms with Crippen LogP contribution in [0, 0.1) is 5.92 Å². The van der Waals surface area contributed by atoms with Crippen LogP contribution < -0.4 is 0 Å². The van der Waals surface area contributed by atoms with Gasteiger partial charge in [0, 0.05) is 0 Å². The Bertz CT molecular complexity index is 8.36. The maximum absolute atomic E-state index is 2.17. The van der Waals surface area contributed by atoms with E-state index in [2.05, 4.69) is 20.8 Å². The molecule has 0 heterocycles. The molecule has 0 nitrogen and oxygen atoms in total. The average molecular weight is 136 g/mol. The van der Waals surface area contributed by atoms with Crippen LogP contribution in [-0.2, 0) is 0 Å². The Kier molecular flexibility index (Phi) is 8.32. The van der Waals surface area contributed by atoms with E-state index in [1.165, 1.54) is 0 Å². The third kappa shape index (κ3) is 95.7. The van der Waals surface area contributed by atoms with Crippen LogP contribution >= 0.6 is 0 Å². The molecular weight excluding hydrogens is 123 g/mol. The Labute approximate surface area is 45.3 Å². The molecule has 34 valence electrons. The Hall–Kier alpha value is 0.558. The van der Waals surface area contributed by atoms with Crippen LogP contribution in [0.1, 0.15) is 20.8 Å². The van der Waals surface area contributed by atoms with E-state index in [4.69, 9.17) is 0 Å². The molecule has 0 fully saturated rings. The molecule has 0 aromatic rings. The predicted octanol–water partition coefficient (Wildman–Crippen LogP) is 0.478. The minimum atomic E-state index is 0. The van der Waals surface area contributed by atoms with Gasteiger partial charge in [0.05, 0.1) is 0 Å². The summed E-state index contributed by atoms with van der Waals surface area (Å²) >= 11 is 0. The molecule has 0 aliphatic heterocycles. The average Bonchev–Trinajstić information content (AvgIpc) is 0.811. The molecule has 1 atom stereocenters. The van der Waals surface area contributed by atoms with Gasteiger partial charge < -0.3 is 0 Å². The van der Waals surface area contributed by atoms with Gasteiger partial charge in [-0.1, -0.05) is 20.8 Å². The van der Waals surface area contributed by atoms with Crippen LogP contribution in [0.25, 0.3) is 0 Å². The van der Waals surface area contributed by atoms with Gasteiger partial charge in [-0.05, 0) is 5.92 Å². The normalized spacial score (nSPS) is 7.20. The molecule has 0 rings (SSSR count). The fourth-order valence-electron chi connectivity index (χ4n) is 0. The van der Waals surface area contributed by atoms with Crippen LogP contribution in [-0.4, -0.2) is 18.0 Å². The van der Waals surface area contributed by atoms with E-state index in [1.807, 2.05) is 0 Å². The van der Waals surface area contributed by atoms with Gasteiger partial charge in [0.25, 0.3) is 0 Å². The van der Waals surface area contributed by atoms with Gasteiger partial charge in [0.15, 0.2) is 0 Å². The Morgan fingerprint density at radius 2 is 1.00 bits per heavy atom. The van der Waals surface area contributed by atoms with Gasteiger partial charge in [0.1, 0.15) is 0 Å². The second kappa shape index (κ2) is 4.56. The molecule has 0 radical (unpaired) electrons. The van der Waals surface area contributed by atoms with Crippen LogP contribution in [0.2, 0.25) is 0 Å². The molecule has 1 heteroatoms. The molecule has 0 bridgehead atoms. The summed E-state index contributed by atoms with van der Waals surface area (Å²) in [4.78, 5) is 0. The molecule has 0 saturated heterocycles. The number of hydrogen-bond acceptors (Lipinski definition) is 0. The monoisotopic (exact) mass is 136 g/mol. The van der Waals surface area contributed by atoms with Crippen LogP contribution in [0.15, 0.2) is 0 Å². The maximum atomic E-state index is 2.17. The van der Waals surface area contributed by atoms with Gasteiger partial charge >= 0.3 is 18.0 Å². The van der Waals surface area contributed by atoms with E-state index >= 15 is 0 Å². The van der Waals surface area contributed by atoms with Crippen molar-refractivity contribution >= 4 is 18.0 Å². The zero-order valence-corrected chi connectivity index (χ0v) is 7.25. The van der Waals surface area contributed by atoms with E-state index in [1.54, 1.807) is 0 Å². The SMILES string of the molecule is CC(C)C.[AsH3]. The standard InChI is InChI=1S/C4H10.AsH3/c1-4(2)3;/h4H,1-3H3;1H3. The van der Waals surface area contributed by atoms with Crippen molar-refractivity contribution < 1.29 is 0 Å². The van der Waals surface area contributed by atoms with Crippen molar-refractivity contribution in [2.45, 2.75) is 20.8 Å². The first-order valence-corrected chi connectivity index (χ1v) is 1.73. The van der Waals surface area contributed by atoms with Crippen LogP contribution in [0.3, 0.4) is 0 Å². The summed E-state index contributed by atoms with van der Waals surface area (Å²) in [6, 6.07) is 0. The first-order valence-electron chi connectivity index (χ1n) is 1.73. The Balaban J connectivity index is 0. The number of hydrogen-bond donors (Lipinski definition) is 0. The zero-order chi connectivity index (χ0) is 3.58. The summed E-state index contributed by atoms with van der Waals surface area (Å²) in [5, 5.41) is 0. The van der Waals surface area contributed by atoms with Crippen molar-refractivity contribution in [3.8, 4) is 0 Å². The topological polar surface area (TPSA) is 0 Å². The summed E-state index contributed by atoms with van der Waals surface area (Å²) in [6.07, 6.45) is 0. The van der Waals surface area contributed by atoms with E-state index in [9.17, 15) is 0 Å². The second-order valence-electron chi connectivity index (χ2n) is 1.73. The van der Waals surface area contributed by atoms with Gasteiger partial charge in [-0.2, -0.15) is 0 Å². The van der Waals surface area contributed by atoms with Crippen molar-refractivity contribution in [1.29, 1.82) is 0 Å². The molecule has 0 aromatic heterocycles. The minimum absolute atomic E-state index is 0. The predicted molar refractivity (Wildman–Crippen MR) is 30.5 cm³/mol. The molecule has 0 aliphatic carbocycles. The quantitative estimate of drug-likeness (QED) is 0.425. The first-order chi connectivity index (χ1) is 1.73. The van der Waals surface area contributed by atoms with Gasteiger partial charge in [-0.25, -0.2) is 0 Å². The van der Waals surface area contributed by atoms with E-state index in [-0.39, 0.29) is 18.0 Å². The molecule has 0 aromatic carbocycles. The molecule has 5 heavy (non-hydrogen) atoms. The third-order valence-electron chi connectivity index (χ3n) is 0. The van der Waals surface area contributed by atoms with Crippen LogP contribution in [0.5, 0.6) is 0 Å². The van der Waals surface area contributed by atoms with Crippen molar-refractivity contribution in [3.63, 3.8) is 0 Å². The van der Waals surface area contributed by atoms with Crippen molar-refractivity contribution in [3.05, 3.63) is 0 Å². The summed E-state index contributed by atoms with van der Waals surface area (Å²) in [5.74, 6) is 0.833. The van der Waals surface area contributed by atoms with Gasteiger partial charge in [0.2, 0.25) is 0 Å². The zero-order valence-electron chi connectivity index (χ0n) is 4.28. The van der Waals surface area contributed by atoms with Gasteiger partial charge in [-0.3, -0.25) is 0 Å². The van der Waals surface area contributed by atoms with Crippen molar-refractivity contribution in [2.75, 3.05) is 0 Å². The third-order valence-corrected chi connectivity index (χ3v) is 0. The molecule has 0 saturated carbocycles.